The van der Waals surface area contributed by atoms with E-state index in [1.54, 1.807) is 0 Å². The maximum Gasteiger partial charge on any atom is 0.322 e. The number of β-amino-alcohol motifs (C(OH)–C–C–N with tert-alkyl or cyclic N) is 1. The van der Waals surface area contributed by atoms with Crippen molar-refractivity contribution in [3.8, 4) is 0 Å². The number of rotatable bonds is 4. The van der Waals surface area contributed by atoms with Gasteiger partial charge in [0.1, 0.15) is 0 Å². The molecule has 0 spiro atoms. The summed E-state index contributed by atoms with van der Waals surface area (Å²) in [6.07, 6.45) is 1.92. The van der Waals surface area contributed by atoms with Crippen LogP contribution >= 0.6 is 0 Å². The van der Waals surface area contributed by atoms with Crippen LogP contribution in [0.5, 0.6) is 0 Å². The normalized spacial score (nSPS) is 24.9. The van der Waals surface area contributed by atoms with Gasteiger partial charge < -0.3 is 9.84 Å². The summed E-state index contributed by atoms with van der Waals surface area (Å²) in [5.74, 6) is -1.19. The zero-order chi connectivity index (χ0) is 12.0. The van der Waals surface area contributed by atoms with Gasteiger partial charge in [-0.15, -0.1) is 0 Å². The van der Waals surface area contributed by atoms with Crippen LogP contribution in [0.15, 0.2) is 0 Å². The number of carbonyl (C=O) groups is 1. The minimum Gasteiger partial charge on any atom is -0.468 e. The minimum atomic E-state index is -3.61. The number of carbonyl (C=O) groups excluding carboxylic acids is 1. The quantitative estimate of drug-likeness (QED) is 0.642. The van der Waals surface area contributed by atoms with Gasteiger partial charge in [0.05, 0.1) is 12.7 Å². The molecule has 6 nitrogen and oxygen atoms in total. The zero-order valence-corrected chi connectivity index (χ0v) is 9.87. The summed E-state index contributed by atoms with van der Waals surface area (Å²) in [4.78, 5) is 10.9. The van der Waals surface area contributed by atoms with Crippen LogP contribution in [0.2, 0.25) is 0 Å². The molecule has 2 aliphatic rings. The fourth-order valence-corrected chi connectivity index (χ4v) is 3.38. The number of nitrogens with zero attached hydrogens (tertiary/aromatic N) is 1. The van der Waals surface area contributed by atoms with Crippen LogP contribution in [0, 0.1) is 5.92 Å². The molecule has 1 aliphatic heterocycles. The van der Waals surface area contributed by atoms with Crippen molar-refractivity contribution < 1.29 is 23.1 Å². The van der Waals surface area contributed by atoms with Crippen LogP contribution in [0.4, 0.5) is 0 Å². The number of methoxy groups -OCH3 is 1. The fourth-order valence-electron chi connectivity index (χ4n) is 1.94. The van der Waals surface area contributed by atoms with Gasteiger partial charge in [-0.2, -0.15) is 4.31 Å². The van der Waals surface area contributed by atoms with Crippen LogP contribution in [-0.2, 0) is 19.6 Å². The first-order valence-corrected chi connectivity index (χ1v) is 6.75. The Kier molecular flexibility index (Phi) is 2.72. The van der Waals surface area contributed by atoms with Gasteiger partial charge in [-0.3, -0.25) is 4.79 Å². The standard InChI is InChI=1S/C9H15NO5S/c1-15-8(11)4-16(13,14)10-5-9(12,6-10)7-2-3-7/h7,12H,2-6H2,1H3. The van der Waals surface area contributed by atoms with E-state index in [1.165, 1.54) is 0 Å². The molecule has 0 amide bonds. The van der Waals surface area contributed by atoms with Crippen LogP contribution in [0.3, 0.4) is 0 Å². The van der Waals surface area contributed by atoms with Gasteiger partial charge in [0, 0.05) is 13.1 Å². The zero-order valence-electron chi connectivity index (χ0n) is 9.05. The molecule has 16 heavy (non-hydrogen) atoms. The second-order valence-corrected chi connectivity index (χ2v) is 6.45. The highest BCUT2D eigenvalue weighted by atomic mass is 32.2. The van der Waals surface area contributed by atoms with Crippen molar-refractivity contribution in [1.82, 2.24) is 4.31 Å². The molecule has 92 valence electrons. The van der Waals surface area contributed by atoms with Crippen molar-refractivity contribution in [2.24, 2.45) is 5.92 Å². The molecule has 0 aromatic carbocycles. The fraction of sp³-hybridized carbons (Fsp3) is 0.889. The van der Waals surface area contributed by atoms with Crippen molar-refractivity contribution in [1.29, 1.82) is 0 Å². The van der Waals surface area contributed by atoms with Gasteiger partial charge in [0.25, 0.3) is 0 Å². The van der Waals surface area contributed by atoms with Gasteiger partial charge >= 0.3 is 5.97 Å². The summed E-state index contributed by atoms with van der Waals surface area (Å²) in [6.45, 7) is 0.216. The van der Waals surface area contributed by atoms with Gasteiger partial charge in [0.15, 0.2) is 5.75 Å². The summed E-state index contributed by atoms with van der Waals surface area (Å²) in [7, 11) is -2.47. The molecule has 2 rings (SSSR count). The van der Waals surface area contributed by atoms with Gasteiger partial charge in [-0.05, 0) is 18.8 Å². The molecule has 0 aromatic rings. The molecular formula is C9H15NO5S. The van der Waals surface area contributed by atoms with Crippen molar-refractivity contribution in [2.45, 2.75) is 18.4 Å². The third kappa shape index (κ3) is 2.07. The molecular weight excluding hydrogens is 234 g/mol. The molecule has 7 heteroatoms. The van der Waals surface area contributed by atoms with E-state index in [9.17, 15) is 18.3 Å². The lowest BCUT2D eigenvalue weighted by molar-refractivity contribution is -0.137. The Morgan fingerprint density at radius 2 is 2.06 bits per heavy atom. The predicted molar refractivity (Wildman–Crippen MR) is 55.0 cm³/mol. The van der Waals surface area contributed by atoms with E-state index in [0.29, 0.717) is 0 Å². The van der Waals surface area contributed by atoms with E-state index in [2.05, 4.69) is 4.74 Å². The molecule has 1 saturated carbocycles. The number of aliphatic hydroxyl groups is 1. The Morgan fingerprint density at radius 3 is 2.50 bits per heavy atom. The van der Waals surface area contributed by atoms with Crippen molar-refractivity contribution in [3.05, 3.63) is 0 Å². The monoisotopic (exact) mass is 249 g/mol. The Hall–Kier alpha value is -0.660. The maximum absolute atomic E-state index is 11.6. The Balaban J connectivity index is 1.92. The van der Waals surface area contributed by atoms with Crippen LogP contribution in [-0.4, -0.2) is 55.4 Å². The smallest absolute Gasteiger partial charge is 0.322 e. The summed E-state index contributed by atoms with van der Waals surface area (Å²) in [5.41, 5.74) is -0.858. The van der Waals surface area contributed by atoms with Gasteiger partial charge in [0.2, 0.25) is 10.0 Å². The van der Waals surface area contributed by atoms with Crippen molar-refractivity contribution in [3.63, 3.8) is 0 Å². The first kappa shape index (κ1) is 11.8. The molecule has 2 fully saturated rings. The number of esters is 1. The number of ether oxygens (including phenoxy) is 1. The summed E-state index contributed by atoms with van der Waals surface area (Å²) >= 11 is 0. The molecule has 1 saturated heterocycles. The number of hydrogen-bond acceptors (Lipinski definition) is 5. The predicted octanol–water partition coefficient (Wildman–Crippen LogP) is -1.05. The van der Waals surface area contributed by atoms with E-state index in [0.717, 1.165) is 24.3 Å². The summed E-state index contributed by atoms with van der Waals surface area (Å²) in [5, 5.41) is 9.95. The Labute approximate surface area is 94.2 Å². The lowest BCUT2D eigenvalue weighted by Crippen LogP contribution is -2.65. The second kappa shape index (κ2) is 3.68. The molecule has 0 radical (unpaired) electrons. The van der Waals surface area contributed by atoms with E-state index in [-0.39, 0.29) is 19.0 Å². The molecule has 1 heterocycles. The van der Waals surface area contributed by atoms with Crippen LogP contribution in [0.1, 0.15) is 12.8 Å². The molecule has 1 aliphatic carbocycles. The van der Waals surface area contributed by atoms with Crippen molar-refractivity contribution in [2.75, 3.05) is 26.0 Å². The highest BCUT2D eigenvalue weighted by molar-refractivity contribution is 7.89. The maximum atomic E-state index is 11.6. The molecule has 0 unspecified atom stereocenters. The van der Waals surface area contributed by atoms with E-state index in [4.69, 9.17) is 0 Å². The summed E-state index contributed by atoms with van der Waals surface area (Å²) in [6, 6.07) is 0. The molecule has 0 aromatic heterocycles. The molecule has 0 atom stereocenters. The highest BCUT2D eigenvalue weighted by Crippen LogP contribution is 2.45. The number of sulfonamides is 1. The average Bonchev–Trinajstić information content (AvgIpc) is 2.95. The lowest BCUT2D eigenvalue weighted by Gasteiger charge is -2.45. The summed E-state index contributed by atoms with van der Waals surface area (Å²) < 4.78 is 28.7. The van der Waals surface area contributed by atoms with E-state index < -0.39 is 27.3 Å². The van der Waals surface area contributed by atoms with E-state index >= 15 is 0 Å². The first-order chi connectivity index (χ1) is 7.37. The SMILES string of the molecule is COC(=O)CS(=O)(=O)N1CC(O)(C2CC2)C1. The lowest BCUT2D eigenvalue weighted by atomic mass is 9.91. The largest absolute Gasteiger partial charge is 0.468 e. The number of hydrogen-bond donors (Lipinski definition) is 1. The molecule has 1 N–H and O–H groups in total. The Bertz CT molecular complexity index is 394. The molecule has 0 bridgehead atoms. The van der Waals surface area contributed by atoms with E-state index in [1.807, 2.05) is 0 Å². The van der Waals surface area contributed by atoms with Gasteiger partial charge in [-0.25, -0.2) is 8.42 Å². The van der Waals surface area contributed by atoms with Gasteiger partial charge in [-0.1, -0.05) is 0 Å². The van der Waals surface area contributed by atoms with Crippen molar-refractivity contribution >= 4 is 16.0 Å². The van der Waals surface area contributed by atoms with Crippen LogP contribution < -0.4 is 0 Å². The highest BCUT2D eigenvalue weighted by Gasteiger charge is 2.55. The first-order valence-electron chi connectivity index (χ1n) is 5.14. The third-order valence-corrected chi connectivity index (χ3v) is 4.80. The average molecular weight is 249 g/mol. The Morgan fingerprint density at radius 1 is 1.50 bits per heavy atom. The third-order valence-electron chi connectivity index (χ3n) is 3.16. The second-order valence-electron chi connectivity index (χ2n) is 4.48. The topological polar surface area (TPSA) is 83.9 Å². The van der Waals surface area contributed by atoms with Crippen LogP contribution in [0.25, 0.3) is 0 Å². The minimum absolute atomic E-state index is 0.108.